The van der Waals surface area contributed by atoms with Gasteiger partial charge in [0.1, 0.15) is 17.5 Å². The molecule has 2 nitrogen and oxygen atoms in total. The molecule has 92 valence electrons. The van der Waals surface area contributed by atoms with Crippen molar-refractivity contribution in [1.29, 1.82) is 0 Å². The average Bonchev–Trinajstić information content (AvgIpc) is 2.32. The van der Waals surface area contributed by atoms with Crippen molar-refractivity contribution in [3.63, 3.8) is 0 Å². The van der Waals surface area contributed by atoms with Gasteiger partial charge in [-0.25, -0.2) is 13.2 Å². The number of hydrogen-bond acceptors (Lipinski definition) is 2. The van der Waals surface area contributed by atoms with Crippen LogP contribution in [0.15, 0.2) is 36.4 Å². The number of anilines is 1. The van der Waals surface area contributed by atoms with Gasteiger partial charge >= 0.3 is 0 Å². The van der Waals surface area contributed by atoms with Crippen molar-refractivity contribution in [3.8, 4) is 0 Å². The number of rotatable bonds is 2. The summed E-state index contributed by atoms with van der Waals surface area (Å²) in [6, 6.07) is 5.94. The first kappa shape index (κ1) is 12.2. The molecule has 0 unspecified atom stereocenters. The number of carbonyl (C=O) groups excluding carboxylic acids is 1. The van der Waals surface area contributed by atoms with Crippen molar-refractivity contribution in [2.45, 2.75) is 0 Å². The van der Waals surface area contributed by atoms with E-state index in [9.17, 15) is 18.0 Å². The van der Waals surface area contributed by atoms with Gasteiger partial charge < -0.3 is 5.73 Å². The van der Waals surface area contributed by atoms with E-state index < -0.39 is 23.2 Å². The van der Waals surface area contributed by atoms with Gasteiger partial charge in [-0.1, -0.05) is 0 Å². The van der Waals surface area contributed by atoms with Gasteiger partial charge in [0.15, 0.2) is 5.78 Å². The van der Waals surface area contributed by atoms with Crippen LogP contribution in [-0.4, -0.2) is 5.78 Å². The van der Waals surface area contributed by atoms with E-state index in [-0.39, 0.29) is 16.8 Å². The monoisotopic (exact) mass is 251 g/mol. The van der Waals surface area contributed by atoms with Crippen molar-refractivity contribution in [3.05, 3.63) is 65.0 Å². The molecule has 0 amide bonds. The van der Waals surface area contributed by atoms with Gasteiger partial charge in [0.25, 0.3) is 0 Å². The standard InChI is InChI=1S/C13H8F3NO/c14-8-2-3-9(11(16)6-8)13(18)7-1-4-10(15)12(17)5-7/h1-6H,17H2. The van der Waals surface area contributed by atoms with Gasteiger partial charge in [-0.05, 0) is 30.3 Å². The maximum absolute atomic E-state index is 13.4. The number of hydrogen-bond donors (Lipinski definition) is 1. The van der Waals surface area contributed by atoms with Crippen molar-refractivity contribution in [2.24, 2.45) is 0 Å². The van der Waals surface area contributed by atoms with Crippen molar-refractivity contribution >= 4 is 11.5 Å². The maximum atomic E-state index is 13.4. The van der Waals surface area contributed by atoms with E-state index in [0.29, 0.717) is 6.07 Å². The summed E-state index contributed by atoms with van der Waals surface area (Å²) >= 11 is 0. The lowest BCUT2D eigenvalue weighted by Crippen LogP contribution is -2.06. The molecular formula is C13H8F3NO. The third-order valence-electron chi connectivity index (χ3n) is 2.43. The minimum atomic E-state index is -0.970. The molecule has 0 aromatic heterocycles. The minimum Gasteiger partial charge on any atom is -0.396 e. The summed E-state index contributed by atoms with van der Waals surface area (Å²) in [6.45, 7) is 0. The molecule has 2 rings (SSSR count). The summed E-state index contributed by atoms with van der Waals surface area (Å²) in [5, 5.41) is 0. The molecule has 0 saturated carbocycles. The Kier molecular flexibility index (Phi) is 3.06. The number of nitrogens with two attached hydrogens (primary N) is 1. The summed E-state index contributed by atoms with van der Waals surface area (Å²) < 4.78 is 39.0. The normalized spacial score (nSPS) is 10.4. The van der Waals surface area contributed by atoms with Crippen LogP contribution in [0.25, 0.3) is 0 Å². The maximum Gasteiger partial charge on any atom is 0.196 e. The summed E-state index contributed by atoms with van der Waals surface area (Å²) in [5.74, 6) is -3.09. The van der Waals surface area contributed by atoms with Crippen molar-refractivity contribution < 1.29 is 18.0 Å². The van der Waals surface area contributed by atoms with Crippen LogP contribution in [-0.2, 0) is 0 Å². The lowest BCUT2D eigenvalue weighted by molar-refractivity contribution is 0.103. The predicted molar refractivity (Wildman–Crippen MR) is 60.6 cm³/mol. The zero-order valence-electron chi connectivity index (χ0n) is 9.08. The molecule has 0 fully saturated rings. The predicted octanol–water partition coefficient (Wildman–Crippen LogP) is 2.92. The highest BCUT2D eigenvalue weighted by Crippen LogP contribution is 2.18. The second-order valence-corrected chi connectivity index (χ2v) is 3.69. The Morgan fingerprint density at radius 1 is 0.944 bits per heavy atom. The number of halogens is 3. The van der Waals surface area contributed by atoms with Gasteiger partial charge in [-0.15, -0.1) is 0 Å². The molecular weight excluding hydrogens is 243 g/mol. The molecule has 5 heteroatoms. The molecule has 18 heavy (non-hydrogen) atoms. The topological polar surface area (TPSA) is 43.1 Å². The first-order valence-corrected chi connectivity index (χ1v) is 5.04. The zero-order chi connectivity index (χ0) is 13.3. The largest absolute Gasteiger partial charge is 0.396 e. The molecule has 0 heterocycles. The second-order valence-electron chi connectivity index (χ2n) is 3.69. The molecule has 0 aliphatic rings. The second kappa shape index (κ2) is 4.52. The fourth-order valence-corrected chi connectivity index (χ4v) is 1.51. The number of benzene rings is 2. The summed E-state index contributed by atoms with van der Waals surface area (Å²) in [6.07, 6.45) is 0. The van der Waals surface area contributed by atoms with Crippen molar-refractivity contribution in [1.82, 2.24) is 0 Å². The van der Waals surface area contributed by atoms with Gasteiger partial charge in [0.2, 0.25) is 0 Å². The lowest BCUT2D eigenvalue weighted by atomic mass is 10.0. The summed E-state index contributed by atoms with van der Waals surface area (Å²) in [4.78, 5) is 11.9. The van der Waals surface area contributed by atoms with E-state index in [2.05, 4.69) is 0 Å². The first-order valence-electron chi connectivity index (χ1n) is 5.04. The van der Waals surface area contributed by atoms with Gasteiger partial charge in [0, 0.05) is 11.6 Å². The van der Waals surface area contributed by atoms with Crippen LogP contribution in [0.1, 0.15) is 15.9 Å². The lowest BCUT2D eigenvalue weighted by Gasteiger charge is -2.04. The van der Waals surface area contributed by atoms with Crippen LogP contribution in [0.3, 0.4) is 0 Å². The van der Waals surface area contributed by atoms with Crippen LogP contribution < -0.4 is 5.73 Å². The Labute approximate surface area is 101 Å². The van der Waals surface area contributed by atoms with E-state index in [4.69, 9.17) is 5.73 Å². The molecule has 0 spiro atoms. The van der Waals surface area contributed by atoms with E-state index in [1.54, 1.807) is 0 Å². The van der Waals surface area contributed by atoms with E-state index in [1.807, 2.05) is 0 Å². The highest BCUT2D eigenvalue weighted by atomic mass is 19.1. The molecule has 0 radical (unpaired) electrons. The van der Waals surface area contributed by atoms with E-state index >= 15 is 0 Å². The zero-order valence-corrected chi connectivity index (χ0v) is 9.08. The summed E-state index contributed by atoms with van der Waals surface area (Å²) in [7, 11) is 0. The molecule has 0 bridgehead atoms. The third kappa shape index (κ3) is 2.20. The van der Waals surface area contributed by atoms with Gasteiger partial charge in [-0.3, -0.25) is 4.79 Å². The van der Waals surface area contributed by atoms with Crippen LogP contribution >= 0.6 is 0 Å². The average molecular weight is 251 g/mol. The Balaban J connectivity index is 2.44. The Morgan fingerprint density at radius 3 is 2.28 bits per heavy atom. The van der Waals surface area contributed by atoms with Gasteiger partial charge in [0.05, 0.1) is 11.3 Å². The Hall–Kier alpha value is -2.30. The molecule has 0 saturated heterocycles. The minimum absolute atomic E-state index is 0.0411. The highest BCUT2D eigenvalue weighted by molar-refractivity contribution is 6.09. The van der Waals surface area contributed by atoms with Crippen LogP contribution in [0.5, 0.6) is 0 Å². The van der Waals surface area contributed by atoms with Crippen LogP contribution in [0, 0.1) is 17.5 Å². The number of ketones is 1. The number of carbonyl (C=O) groups is 1. The number of nitrogen functional groups attached to an aromatic ring is 1. The SMILES string of the molecule is Nc1cc(C(=O)c2ccc(F)cc2F)ccc1F. The van der Waals surface area contributed by atoms with Crippen LogP contribution in [0.4, 0.5) is 18.9 Å². The molecule has 2 aromatic rings. The fraction of sp³-hybridized carbons (Fsp3) is 0. The van der Waals surface area contributed by atoms with E-state index in [0.717, 1.165) is 24.3 Å². The Morgan fingerprint density at radius 2 is 1.67 bits per heavy atom. The molecule has 2 N–H and O–H groups in total. The Bertz CT molecular complexity index is 626. The van der Waals surface area contributed by atoms with Crippen molar-refractivity contribution in [2.75, 3.05) is 5.73 Å². The van der Waals surface area contributed by atoms with Gasteiger partial charge in [-0.2, -0.15) is 0 Å². The third-order valence-corrected chi connectivity index (χ3v) is 2.43. The molecule has 0 atom stereocenters. The highest BCUT2D eigenvalue weighted by Gasteiger charge is 2.15. The fourth-order valence-electron chi connectivity index (χ4n) is 1.51. The smallest absolute Gasteiger partial charge is 0.196 e. The molecule has 2 aromatic carbocycles. The molecule has 0 aliphatic carbocycles. The summed E-state index contributed by atoms with van der Waals surface area (Å²) in [5.41, 5.74) is 4.86. The first-order chi connectivity index (χ1) is 8.49. The quantitative estimate of drug-likeness (QED) is 0.658. The van der Waals surface area contributed by atoms with E-state index in [1.165, 1.54) is 6.07 Å². The molecule has 0 aliphatic heterocycles. The van der Waals surface area contributed by atoms with Crippen LogP contribution in [0.2, 0.25) is 0 Å².